The number of hydrogen-bond donors (Lipinski definition) is 0. The molecule has 0 unspecified atom stereocenters. The highest BCUT2D eigenvalue weighted by molar-refractivity contribution is 6.17. The van der Waals surface area contributed by atoms with E-state index >= 15 is 0 Å². The van der Waals surface area contributed by atoms with Gasteiger partial charge in [0.25, 0.3) is 0 Å². The zero-order valence-corrected chi connectivity index (χ0v) is 13.9. The second-order valence-corrected chi connectivity index (χ2v) is 5.63. The molecule has 0 bridgehead atoms. The third kappa shape index (κ3) is 2.67. The smallest absolute Gasteiger partial charge is 0.223 e. The maximum absolute atomic E-state index is 6.22. The van der Waals surface area contributed by atoms with Gasteiger partial charge in [0, 0.05) is 23.1 Å². The largest absolute Gasteiger partial charge is 1.00 e. The van der Waals surface area contributed by atoms with Crippen LogP contribution in [0.2, 0.25) is 0 Å². The highest BCUT2D eigenvalue weighted by atomic mass is 35.5. The van der Waals surface area contributed by atoms with Gasteiger partial charge in [0.2, 0.25) is 11.2 Å². The maximum atomic E-state index is 6.22. The van der Waals surface area contributed by atoms with Crippen LogP contribution in [0.1, 0.15) is 5.56 Å². The summed E-state index contributed by atoms with van der Waals surface area (Å²) in [7, 11) is 0. The molecule has 0 aliphatic heterocycles. The maximum Gasteiger partial charge on any atom is 0.223 e. The standard InChI is InChI=1S/C20H15ClN.ClH/c21-14-17-12-11-15-6-1-3-9-18(15)20(17)22-13-5-8-16-7-2-4-10-19(16)22;/h1-13H,14H2;1H/q+1;/p-1. The molecular weight excluding hydrogens is 325 g/mol. The quantitative estimate of drug-likeness (QED) is 0.388. The second-order valence-electron chi connectivity index (χ2n) is 5.37. The van der Waals surface area contributed by atoms with Crippen molar-refractivity contribution >= 4 is 33.3 Å². The third-order valence-electron chi connectivity index (χ3n) is 4.08. The van der Waals surface area contributed by atoms with Gasteiger partial charge in [0.15, 0.2) is 6.20 Å². The molecule has 3 aromatic carbocycles. The van der Waals surface area contributed by atoms with Crippen molar-refractivity contribution in [2.45, 2.75) is 5.88 Å². The molecular formula is C20H15Cl2N. The van der Waals surface area contributed by atoms with Crippen molar-refractivity contribution < 1.29 is 17.0 Å². The van der Waals surface area contributed by atoms with Gasteiger partial charge in [-0.3, -0.25) is 0 Å². The van der Waals surface area contributed by atoms with Gasteiger partial charge in [0.1, 0.15) is 0 Å². The first-order chi connectivity index (χ1) is 10.9. The van der Waals surface area contributed by atoms with Crippen LogP contribution in [-0.2, 0) is 5.88 Å². The summed E-state index contributed by atoms with van der Waals surface area (Å²) in [6.07, 6.45) is 2.11. The summed E-state index contributed by atoms with van der Waals surface area (Å²) in [6, 6.07) is 25.4. The Bertz CT molecular complexity index is 974. The number of benzene rings is 3. The monoisotopic (exact) mass is 339 g/mol. The minimum absolute atomic E-state index is 0. The summed E-state index contributed by atoms with van der Waals surface area (Å²) >= 11 is 6.22. The molecule has 0 radical (unpaired) electrons. The van der Waals surface area contributed by atoms with Gasteiger partial charge in [-0.05, 0) is 23.6 Å². The van der Waals surface area contributed by atoms with E-state index in [1.165, 1.54) is 27.4 Å². The molecule has 0 atom stereocenters. The molecule has 0 aliphatic carbocycles. The first-order valence-corrected chi connectivity index (χ1v) is 7.88. The topological polar surface area (TPSA) is 3.88 Å². The van der Waals surface area contributed by atoms with Crippen LogP contribution in [-0.4, -0.2) is 0 Å². The number of halogens is 2. The number of fused-ring (bicyclic) bond motifs is 2. The van der Waals surface area contributed by atoms with E-state index in [1.807, 2.05) is 0 Å². The van der Waals surface area contributed by atoms with Crippen LogP contribution in [0.5, 0.6) is 0 Å². The fraction of sp³-hybridized carbons (Fsp3) is 0.0500. The first kappa shape index (κ1) is 15.8. The van der Waals surface area contributed by atoms with Crippen molar-refractivity contribution in [2.75, 3.05) is 0 Å². The Hall–Kier alpha value is -2.09. The van der Waals surface area contributed by atoms with E-state index in [-0.39, 0.29) is 12.4 Å². The second kappa shape index (κ2) is 6.57. The number of alkyl halides is 1. The van der Waals surface area contributed by atoms with Crippen LogP contribution < -0.4 is 17.0 Å². The molecule has 0 spiro atoms. The Morgan fingerprint density at radius 2 is 1.43 bits per heavy atom. The molecule has 0 fully saturated rings. The Balaban J connectivity index is 0.00000156. The van der Waals surface area contributed by atoms with Crippen LogP contribution in [0.4, 0.5) is 0 Å². The van der Waals surface area contributed by atoms with Crippen LogP contribution >= 0.6 is 11.6 Å². The SMILES string of the molecule is ClCc1ccc2ccccc2c1-[n+]1cccc2ccccc21.[Cl-]. The molecule has 0 saturated heterocycles. The summed E-state index contributed by atoms with van der Waals surface area (Å²) in [6.45, 7) is 0. The summed E-state index contributed by atoms with van der Waals surface area (Å²) in [5.41, 5.74) is 3.50. The molecule has 114 valence electrons. The van der Waals surface area contributed by atoms with E-state index in [0.29, 0.717) is 5.88 Å². The van der Waals surface area contributed by atoms with Gasteiger partial charge < -0.3 is 12.4 Å². The molecule has 1 heterocycles. The van der Waals surface area contributed by atoms with E-state index in [9.17, 15) is 0 Å². The highest BCUT2D eigenvalue weighted by Crippen LogP contribution is 2.25. The van der Waals surface area contributed by atoms with Crippen molar-refractivity contribution in [3.05, 3.63) is 84.6 Å². The van der Waals surface area contributed by atoms with Crippen molar-refractivity contribution in [1.82, 2.24) is 0 Å². The molecule has 4 aromatic rings. The normalized spacial score (nSPS) is 10.7. The lowest BCUT2D eigenvalue weighted by Crippen LogP contribution is -3.00. The predicted octanol–water partition coefficient (Wildman–Crippen LogP) is 2.01. The lowest BCUT2D eigenvalue weighted by atomic mass is 10.0. The first-order valence-electron chi connectivity index (χ1n) is 7.35. The van der Waals surface area contributed by atoms with Gasteiger partial charge in [-0.15, -0.1) is 11.6 Å². The zero-order chi connectivity index (χ0) is 14.9. The van der Waals surface area contributed by atoms with Gasteiger partial charge >= 0.3 is 0 Å². The Kier molecular flexibility index (Phi) is 4.51. The van der Waals surface area contributed by atoms with E-state index in [0.717, 1.165) is 5.56 Å². The van der Waals surface area contributed by atoms with Crippen molar-refractivity contribution in [3.63, 3.8) is 0 Å². The van der Waals surface area contributed by atoms with Gasteiger partial charge in [0.05, 0.1) is 11.3 Å². The van der Waals surface area contributed by atoms with Crippen LogP contribution in [0.15, 0.2) is 79.0 Å². The van der Waals surface area contributed by atoms with Gasteiger partial charge in [-0.2, -0.15) is 4.57 Å². The van der Waals surface area contributed by atoms with Crippen molar-refractivity contribution in [1.29, 1.82) is 0 Å². The van der Waals surface area contributed by atoms with Crippen LogP contribution in [0.25, 0.3) is 27.4 Å². The lowest BCUT2D eigenvalue weighted by molar-refractivity contribution is -0.566. The number of para-hydroxylation sites is 1. The lowest BCUT2D eigenvalue weighted by Gasteiger charge is -2.08. The number of rotatable bonds is 2. The summed E-state index contributed by atoms with van der Waals surface area (Å²) in [4.78, 5) is 0. The molecule has 23 heavy (non-hydrogen) atoms. The summed E-state index contributed by atoms with van der Waals surface area (Å²) in [5, 5.41) is 3.67. The van der Waals surface area contributed by atoms with Gasteiger partial charge in [-0.1, -0.05) is 42.5 Å². The predicted molar refractivity (Wildman–Crippen MR) is 92.5 cm³/mol. The number of nitrogens with zero attached hydrogens (tertiary/aromatic N) is 1. The summed E-state index contributed by atoms with van der Waals surface area (Å²) < 4.78 is 2.25. The molecule has 4 rings (SSSR count). The van der Waals surface area contributed by atoms with E-state index in [4.69, 9.17) is 11.6 Å². The van der Waals surface area contributed by atoms with Crippen LogP contribution in [0, 0.1) is 0 Å². The molecule has 0 N–H and O–H groups in total. The molecule has 0 aliphatic rings. The molecule has 0 saturated carbocycles. The van der Waals surface area contributed by atoms with E-state index < -0.39 is 0 Å². The van der Waals surface area contributed by atoms with E-state index in [1.54, 1.807) is 0 Å². The van der Waals surface area contributed by atoms with Crippen LogP contribution in [0.3, 0.4) is 0 Å². The third-order valence-corrected chi connectivity index (χ3v) is 4.36. The van der Waals surface area contributed by atoms with Crippen molar-refractivity contribution in [3.8, 4) is 5.69 Å². The average molecular weight is 340 g/mol. The Morgan fingerprint density at radius 1 is 0.739 bits per heavy atom. The minimum Gasteiger partial charge on any atom is -1.00 e. The van der Waals surface area contributed by atoms with Crippen molar-refractivity contribution in [2.24, 2.45) is 0 Å². The number of hydrogen-bond acceptors (Lipinski definition) is 0. The van der Waals surface area contributed by atoms with Gasteiger partial charge in [-0.25, -0.2) is 0 Å². The Labute approximate surface area is 146 Å². The zero-order valence-electron chi connectivity index (χ0n) is 12.4. The molecule has 1 nitrogen and oxygen atoms in total. The summed E-state index contributed by atoms with van der Waals surface area (Å²) in [5.74, 6) is 0.496. The number of pyridine rings is 1. The number of aromatic nitrogens is 1. The molecule has 1 aromatic heterocycles. The fourth-order valence-corrected chi connectivity index (χ4v) is 3.26. The fourth-order valence-electron chi connectivity index (χ4n) is 3.05. The average Bonchev–Trinajstić information content (AvgIpc) is 2.60. The van der Waals surface area contributed by atoms with E-state index in [2.05, 4.69) is 83.6 Å². The molecule has 0 amide bonds. The Morgan fingerprint density at radius 3 is 2.26 bits per heavy atom. The highest BCUT2D eigenvalue weighted by Gasteiger charge is 2.19. The molecule has 3 heteroatoms. The minimum atomic E-state index is 0.